The molecule has 1 heterocycles. The predicted octanol–water partition coefficient (Wildman–Crippen LogP) is 1.71. The zero-order chi connectivity index (χ0) is 14.9. The Hall–Kier alpha value is -1.24. The van der Waals surface area contributed by atoms with Gasteiger partial charge in [-0.3, -0.25) is 0 Å². The minimum Gasteiger partial charge on any atom is -0.598 e. The van der Waals surface area contributed by atoms with Gasteiger partial charge in [0.25, 0.3) is 0 Å². The van der Waals surface area contributed by atoms with Crippen LogP contribution < -0.4 is 9.46 Å². The van der Waals surface area contributed by atoms with Crippen LogP contribution in [0, 0.1) is 0 Å². The Morgan fingerprint density at radius 1 is 1.40 bits per heavy atom. The van der Waals surface area contributed by atoms with E-state index in [0.717, 1.165) is 5.56 Å². The lowest BCUT2D eigenvalue weighted by molar-refractivity contribution is -0.149. The summed E-state index contributed by atoms with van der Waals surface area (Å²) in [6, 6.07) is 6.86. The van der Waals surface area contributed by atoms with E-state index in [1.807, 2.05) is 39.0 Å². The topological polar surface area (TPSA) is 70.6 Å². The number of fused-ring (bicyclic) bond motifs is 1. The van der Waals surface area contributed by atoms with Gasteiger partial charge in [0.1, 0.15) is 16.5 Å². The lowest BCUT2D eigenvalue weighted by Gasteiger charge is -2.27. The summed E-state index contributed by atoms with van der Waals surface area (Å²) in [5.41, 5.74) is 0.820. The molecule has 20 heavy (non-hydrogen) atoms. The van der Waals surface area contributed by atoms with Crippen LogP contribution in [0.2, 0.25) is 0 Å². The van der Waals surface area contributed by atoms with E-state index < -0.39 is 34.2 Å². The van der Waals surface area contributed by atoms with Gasteiger partial charge in [0.2, 0.25) is 6.10 Å². The Morgan fingerprint density at radius 3 is 2.65 bits per heavy atom. The summed E-state index contributed by atoms with van der Waals surface area (Å²) >= 11 is -1.31. The molecule has 1 unspecified atom stereocenters. The first-order valence-corrected chi connectivity index (χ1v) is 7.51. The van der Waals surface area contributed by atoms with Gasteiger partial charge in [-0.05, 0) is 26.8 Å². The highest BCUT2D eigenvalue weighted by molar-refractivity contribution is 7.90. The fourth-order valence-electron chi connectivity index (χ4n) is 1.93. The Bertz CT molecular complexity index is 500. The number of benzene rings is 1. The number of para-hydroxylation sites is 1. The molecule has 0 aromatic heterocycles. The molecular weight excluding hydrogens is 278 g/mol. The Labute approximate surface area is 122 Å². The zero-order valence-corrected chi connectivity index (χ0v) is 12.8. The lowest BCUT2D eigenvalue weighted by atomic mass is 10.1. The second-order valence-corrected chi connectivity index (χ2v) is 7.57. The molecular formula is C14H19NO4S. The van der Waals surface area contributed by atoms with Gasteiger partial charge < -0.3 is 14.0 Å². The highest BCUT2D eigenvalue weighted by Gasteiger charge is 2.44. The van der Waals surface area contributed by atoms with E-state index in [2.05, 4.69) is 4.72 Å². The van der Waals surface area contributed by atoms with E-state index in [1.54, 1.807) is 6.07 Å². The molecule has 0 radical (unpaired) electrons. The van der Waals surface area contributed by atoms with Crippen LogP contribution in [0.1, 0.15) is 32.4 Å². The number of carbonyl (C=O) groups excluding carboxylic acids is 1. The van der Waals surface area contributed by atoms with Crippen molar-refractivity contribution < 1.29 is 18.8 Å². The molecule has 0 saturated carbocycles. The molecule has 0 fully saturated rings. The molecule has 0 amide bonds. The van der Waals surface area contributed by atoms with E-state index in [-0.39, 0.29) is 0 Å². The van der Waals surface area contributed by atoms with Crippen molar-refractivity contribution in [3.05, 3.63) is 29.8 Å². The fourth-order valence-corrected chi connectivity index (χ4v) is 2.77. The first-order valence-electron chi connectivity index (χ1n) is 6.36. The smallest absolute Gasteiger partial charge is 0.349 e. The average Bonchev–Trinajstić information content (AvgIpc) is 2.76. The molecule has 2 rings (SSSR count). The third-order valence-electron chi connectivity index (χ3n) is 3.03. The summed E-state index contributed by atoms with van der Waals surface area (Å²) in [6.45, 7) is 5.60. The van der Waals surface area contributed by atoms with Crippen LogP contribution in [-0.2, 0) is 20.9 Å². The molecule has 110 valence electrons. The summed E-state index contributed by atoms with van der Waals surface area (Å²) in [5.74, 6) is 0.135. The first-order chi connectivity index (χ1) is 9.34. The normalized spacial score (nSPS) is 22.9. The van der Waals surface area contributed by atoms with Gasteiger partial charge in [0.15, 0.2) is 0 Å². The van der Waals surface area contributed by atoms with E-state index in [9.17, 15) is 9.35 Å². The van der Waals surface area contributed by atoms with Crippen molar-refractivity contribution in [3.63, 3.8) is 0 Å². The minimum absolute atomic E-state index is 0.432. The quantitative estimate of drug-likeness (QED) is 0.679. The Balaban J connectivity index is 2.27. The van der Waals surface area contributed by atoms with Crippen LogP contribution in [0.4, 0.5) is 0 Å². The molecule has 1 aliphatic heterocycles. The first kappa shape index (κ1) is 15.2. The Kier molecular flexibility index (Phi) is 4.27. The molecule has 1 N–H and O–H groups in total. The lowest BCUT2D eigenvalue weighted by Crippen LogP contribution is -2.46. The third kappa shape index (κ3) is 2.92. The average molecular weight is 297 g/mol. The van der Waals surface area contributed by atoms with Crippen molar-refractivity contribution in [1.82, 2.24) is 4.72 Å². The maximum Gasteiger partial charge on any atom is 0.349 e. The molecule has 3 atom stereocenters. The summed E-state index contributed by atoms with van der Waals surface area (Å²) < 4.78 is 25.2. The number of rotatable bonds is 3. The van der Waals surface area contributed by atoms with Gasteiger partial charge >= 0.3 is 5.97 Å². The van der Waals surface area contributed by atoms with Gasteiger partial charge in [-0.2, -0.15) is 0 Å². The van der Waals surface area contributed by atoms with Crippen molar-refractivity contribution in [1.29, 1.82) is 0 Å². The molecule has 1 aromatic carbocycles. The van der Waals surface area contributed by atoms with E-state index in [1.165, 1.54) is 7.11 Å². The number of carbonyl (C=O) groups is 1. The van der Waals surface area contributed by atoms with Gasteiger partial charge in [-0.15, -0.1) is 4.72 Å². The summed E-state index contributed by atoms with van der Waals surface area (Å²) in [4.78, 5) is 11.8. The molecule has 6 heteroatoms. The fraction of sp³-hybridized carbons (Fsp3) is 0.500. The number of hydrogen-bond donors (Lipinski definition) is 1. The number of esters is 1. The van der Waals surface area contributed by atoms with Crippen molar-refractivity contribution in [2.75, 3.05) is 7.11 Å². The number of nitrogens with one attached hydrogen (secondary N) is 1. The van der Waals surface area contributed by atoms with Crippen molar-refractivity contribution in [3.8, 4) is 5.75 Å². The molecule has 0 bridgehead atoms. The van der Waals surface area contributed by atoms with Crippen LogP contribution in [0.5, 0.6) is 5.75 Å². The zero-order valence-electron chi connectivity index (χ0n) is 12.0. The van der Waals surface area contributed by atoms with Crippen LogP contribution in [0.15, 0.2) is 24.3 Å². The second kappa shape index (κ2) is 5.63. The van der Waals surface area contributed by atoms with E-state index in [4.69, 9.17) is 9.47 Å². The van der Waals surface area contributed by atoms with Crippen LogP contribution in [0.25, 0.3) is 0 Å². The molecule has 0 saturated heterocycles. The van der Waals surface area contributed by atoms with Gasteiger partial charge in [0, 0.05) is 16.9 Å². The maximum absolute atomic E-state index is 12.3. The van der Waals surface area contributed by atoms with Crippen molar-refractivity contribution in [2.45, 2.75) is 37.7 Å². The highest BCUT2D eigenvalue weighted by Crippen LogP contribution is 2.38. The predicted molar refractivity (Wildman–Crippen MR) is 76.6 cm³/mol. The molecule has 0 aliphatic carbocycles. The van der Waals surface area contributed by atoms with E-state index in [0.29, 0.717) is 5.75 Å². The SMILES string of the molecule is COC(=O)[C@H]1Oc2ccccc2[C@H]1N[S+]([O-])C(C)(C)C. The second-order valence-electron chi connectivity index (χ2n) is 5.58. The Morgan fingerprint density at radius 2 is 2.05 bits per heavy atom. The number of methoxy groups -OCH3 is 1. The summed E-state index contributed by atoms with van der Waals surface area (Å²) in [5, 5.41) is 0. The molecule has 5 nitrogen and oxygen atoms in total. The monoisotopic (exact) mass is 297 g/mol. The minimum atomic E-state index is -1.31. The molecule has 1 aliphatic rings. The molecule has 0 spiro atoms. The van der Waals surface area contributed by atoms with Crippen molar-refractivity contribution in [2.24, 2.45) is 0 Å². The number of ether oxygens (including phenoxy) is 2. The van der Waals surface area contributed by atoms with Gasteiger partial charge in [-0.1, -0.05) is 18.2 Å². The van der Waals surface area contributed by atoms with Gasteiger partial charge in [0.05, 0.1) is 7.11 Å². The van der Waals surface area contributed by atoms with Crippen LogP contribution >= 0.6 is 0 Å². The number of hydrogen-bond acceptors (Lipinski definition) is 5. The van der Waals surface area contributed by atoms with Gasteiger partial charge in [-0.25, -0.2) is 4.79 Å². The summed E-state index contributed by atoms with van der Waals surface area (Å²) in [6.07, 6.45) is -0.816. The standard InChI is InChI=1S/C14H19NO4S/c1-14(2,3)20(17)15-11-9-7-5-6-8-10(9)19-12(11)13(16)18-4/h5-8,11-12,15H,1-4H3/t11-,12+,20?/m1/s1. The molecule has 1 aromatic rings. The van der Waals surface area contributed by atoms with E-state index >= 15 is 0 Å². The largest absolute Gasteiger partial charge is 0.598 e. The van der Waals surface area contributed by atoms with Crippen molar-refractivity contribution >= 4 is 17.3 Å². The maximum atomic E-state index is 12.3. The third-order valence-corrected chi connectivity index (χ3v) is 4.61. The van der Waals surface area contributed by atoms with Crippen LogP contribution in [-0.4, -0.2) is 28.5 Å². The van der Waals surface area contributed by atoms with Crippen LogP contribution in [0.3, 0.4) is 0 Å². The highest BCUT2D eigenvalue weighted by atomic mass is 32.2. The summed E-state index contributed by atoms with van der Waals surface area (Å²) in [7, 11) is 1.31.